The van der Waals surface area contributed by atoms with Crippen molar-refractivity contribution in [2.24, 2.45) is 0 Å². The van der Waals surface area contributed by atoms with Crippen molar-refractivity contribution in [2.75, 3.05) is 20.7 Å². The van der Waals surface area contributed by atoms with Gasteiger partial charge in [0, 0.05) is 18.7 Å². The Kier molecular flexibility index (Phi) is 4.77. The van der Waals surface area contributed by atoms with Crippen LogP contribution in [0.3, 0.4) is 0 Å². The summed E-state index contributed by atoms with van der Waals surface area (Å²) in [5.41, 5.74) is 3.05. The number of phenolic OH excluding ortho intramolecular Hbond substituents is 1. The third-order valence-corrected chi connectivity index (χ3v) is 2.55. The molecule has 3 heteroatoms. The molecule has 3 nitrogen and oxygen atoms in total. The summed E-state index contributed by atoms with van der Waals surface area (Å²) in [4.78, 5) is 2.03. The number of phenols is 1. The maximum Gasteiger partial charge on any atom is 0.122 e. The zero-order valence-electron chi connectivity index (χ0n) is 10.3. The summed E-state index contributed by atoms with van der Waals surface area (Å²) in [6, 6.07) is 4.02. The fraction of sp³-hybridized carbons (Fsp3) is 0.538. The van der Waals surface area contributed by atoms with Gasteiger partial charge in [-0.1, -0.05) is 12.1 Å². The minimum Gasteiger partial charge on any atom is -0.507 e. The summed E-state index contributed by atoms with van der Waals surface area (Å²) in [7, 11) is 3.96. The minimum absolute atomic E-state index is 0.211. The molecule has 0 spiro atoms. The van der Waals surface area contributed by atoms with Gasteiger partial charge in [-0.25, -0.2) is 0 Å². The van der Waals surface area contributed by atoms with Crippen LogP contribution in [-0.4, -0.2) is 35.8 Å². The Morgan fingerprint density at radius 1 is 1.25 bits per heavy atom. The summed E-state index contributed by atoms with van der Waals surface area (Å²) >= 11 is 0. The molecule has 0 unspecified atom stereocenters. The highest BCUT2D eigenvalue weighted by Crippen LogP contribution is 2.25. The molecule has 16 heavy (non-hydrogen) atoms. The molecule has 0 aromatic heterocycles. The summed E-state index contributed by atoms with van der Waals surface area (Å²) < 4.78 is 0. The lowest BCUT2D eigenvalue weighted by Crippen LogP contribution is -2.11. The quantitative estimate of drug-likeness (QED) is 0.798. The third-order valence-electron chi connectivity index (χ3n) is 2.55. The summed E-state index contributed by atoms with van der Waals surface area (Å²) in [6.07, 6.45) is 1.63. The average molecular weight is 223 g/mol. The molecule has 0 aliphatic rings. The van der Waals surface area contributed by atoms with Gasteiger partial charge in [0.15, 0.2) is 0 Å². The zero-order chi connectivity index (χ0) is 12.1. The van der Waals surface area contributed by atoms with E-state index in [0.29, 0.717) is 5.75 Å². The molecule has 0 heterocycles. The third kappa shape index (κ3) is 3.51. The van der Waals surface area contributed by atoms with Gasteiger partial charge in [-0.3, -0.25) is 0 Å². The number of hydrogen-bond donors (Lipinski definition) is 2. The molecule has 1 aromatic rings. The van der Waals surface area contributed by atoms with Gasteiger partial charge in [0.05, 0.1) is 0 Å². The van der Waals surface area contributed by atoms with Gasteiger partial charge >= 0.3 is 0 Å². The van der Waals surface area contributed by atoms with Crippen LogP contribution in [0.2, 0.25) is 0 Å². The molecule has 1 aromatic carbocycles. The first-order valence-corrected chi connectivity index (χ1v) is 5.61. The monoisotopic (exact) mass is 223 g/mol. The predicted octanol–water partition coefficient (Wildman–Crippen LogP) is 1.69. The van der Waals surface area contributed by atoms with Gasteiger partial charge in [0.1, 0.15) is 5.75 Å². The van der Waals surface area contributed by atoms with Gasteiger partial charge in [-0.2, -0.15) is 0 Å². The van der Waals surface area contributed by atoms with Gasteiger partial charge in [-0.15, -0.1) is 0 Å². The van der Waals surface area contributed by atoms with E-state index in [4.69, 9.17) is 5.11 Å². The molecule has 1 rings (SSSR count). The van der Waals surface area contributed by atoms with Crippen molar-refractivity contribution in [3.05, 3.63) is 28.8 Å². The highest BCUT2D eigenvalue weighted by atomic mass is 16.3. The lowest BCUT2D eigenvalue weighted by atomic mass is 10.0. The summed E-state index contributed by atoms with van der Waals surface area (Å²) in [5.74, 6) is 0.390. The van der Waals surface area contributed by atoms with Gasteiger partial charge in [-0.05, 0) is 45.0 Å². The van der Waals surface area contributed by atoms with Crippen LogP contribution in [0.1, 0.15) is 23.1 Å². The number of hydrogen-bond acceptors (Lipinski definition) is 3. The molecule has 90 valence electrons. The van der Waals surface area contributed by atoms with E-state index in [1.54, 1.807) is 0 Å². The maximum atomic E-state index is 9.92. The molecule has 0 saturated carbocycles. The second-order valence-corrected chi connectivity index (χ2v) is 4.49. The van der Waals surface area contributed by atoms with Crippen LogP contribution in [0.15, 0.2) is 12.1 Å². The minimum atomic E-state index is 0.211. The molecular weight excluding hydrogens is 202 g/mol. The number of aryl methyl sites for hydroxylation is 2. The molecule has 0 aliphatic carbocycles. The van der Waals surface area contributed by atoms with E-state index in [1.165, 1.54) is 5.56 Å². The largest absolute Gasteiger partial charge is 0.507 e. The Morgan fingerprint density at radius 2 is 1.94 bits per heavy atom. The Hall–Kier alpha value is -1.06. The van der Waals surface area contributed by atoms with Crippen molar-refractivity contribution in [3.8, 4) is 5.75 Å². The first-order valence-electron chi connectivity index (χ1n) is 5.61. The topological polar surface area (TPSA) is 43.7 Å². The second kappa shape index (κ2) is 5.87. The van der Waals surface area contributed by atoms with Crippen molar-refractivity contribution in [2.45, 2.75) is 26.3 Å². The van der Waals surface area contributed by atoms with Crippen LogP contribution in [0, 0.1) is 6.92 Å². The first-order chi connectivity index (χ1) is 7.54. The van der Waals surface area contributed by atoms with E-state index in [-0.39, 0.29) is 6.61 Å². The van der Waals surface area contributed by atoms with E-state index >= 15 is 0 Å². The standard InChI is InChI=1S/C13H21NO2/c1-10-7-11(5-4-6-15)8-12(13(10)16)9-14(2)3/h7-8,15-16H,4-6,9H2,1-3H3. The molecular formula is C13H21NO2. The average Bonchev–Trinajstić information content (AvgIpc) is 2.21. The lowest BCUT2D eigenvalue weighted by molar-refractivity contribution is 0.288. The highest BCUT2D eigenvalue weighted by molar-refractivity contribution is 5.43. The number of benzene rings is 1. The van der Waals surface area contributed by atoms with Gasteiger partial charge in [0.2, 0.25) is 0 Å². The van der Waals surface area contributed by atoms with Crippen molar-refractivity contribution in [3.63, 3.8) is 0 Å². The number of rotatable bonds is 5. The molecule has 0 atom stereocenters. The molecule has 0 bridgehead atoms. The van der Waals surface area contributed by atoms with Crippen LogP contribution in [0.25, 0.3) is 0 Å². The van der Waals surface area contributed by atoms with E-state index in [0.717, 1.165) is 30.5 Å². The van der Waals surface area contributed by atoms with Crippen molar-refractivity contribution in [1.29, 1.82) is 0 Å². The SMILES string of the molecule is Cc1cc(CCCO)cc(CN(C)C)c1O. The smallest absolute Gasteiger partial charge is 0.122 e. The van der Waals surface area contributed by atoms with Crippen LogP contribution >= 0.6 is 0 Å². The maximum absolute atomic E-state index is 9.92. The Bertz CT molecular complexity index is 348. The second-order valence-electron chi connectivity index (χ2n) is 4.49. The molecule has 2 N–H and O–H groups in total. The lowest BCUT2D eigenvalue weighted by Gasteiger charge is -2.14. The summed E-state index contributed by atoms with van der Waals surface area (Å²) in [5, 5.41) is 18.7. The molecule has 0 fully saturated rings. The van der Waals surface area contributed by atoms with Crippen molar-refractivity contribution >= 4 is 0 Å². The van der Waals surface area contributed by atoms with E-state index in [9.17, 15) is 5.11 Å². The summed E-state index contributed by atoms with van der Waals surface area (Å²) in [6.45, 7) is 2.86. The molecule has 0 saturated heterocycles. The number of nitrogens with zero attached hydrogens (tertiary/aromatic N) is 1. The Balaban J connectivity index is 2.92. The normalized spacial score (nSPS) is 11.1. The van der Waals surface area contributed by atoms with Crippen molar-refractivity contribution in [1.82, 2.24) is 4.90 Å². The van der Waals surface area contributed by atoms with E-state index < -0.39 is 0 Å². The van der Waals surface area contributed by atoms with Crippen LogP contribution in [-0.2, 0) is 13.0 Å². The van der Waals surface area contributed by atoms with E-state index in [2.05, 4.69) is 0 Å². The van der Waals surface area contributed by atoms with Crippen LogP contribution < -0.4 is 0 Å². The predicted molar refractivity (Wildman–Crippen MR) is 65.6 cm³/mol. The van der Waals surface area contributed by atoms with Crippen LogP contribution in [0.4, 0.5) is 0 Å². The Morgan fingerprint density at radius 3 is 2.50 bits per heavy atom. The highest BCUT2D eigenvalue weighted by Gasteiger charge is 2.07. The van der Waals surface area contributed by atoms with Crippen molar-refractivity contribution < 1.29 is 10.2 Å². The molecule has 0 aliphatic heterocycles. The molecule has 0 radical (unpaired) electrons. The fourth-order valence-electron chi connectivity index (χ4n) is 1.82. The number of aliphatic hydroxyl groups is 1. The molecule has 0 amide bonds. The fourth-order valence-corrected chi connectivity index (χ4v) is 1.82. The van der Waals surface area contributed by atoms with Crippen LogP contribution in [0.5, 0.6) is 5.75 Å². The Labute approximate surface area is 97.3 Å². The number of aliphatic hydroxyl groups excluding tert-OH is 1. The van der Waals surface area contributed by atoms with Gasteiger partial charge in [0.25, 0.3) is 0 Å². The first kappa shape index (κ1) is 13.0. The van der Waals surface area contributed by atoms with Gasteiger partial charge < -0.3 is 15.1 Å². The zero-order valence-corrected chi connectivity index (χ0v) is 10.3. The van der Waals surface area contributed by atoms with E-state index in [1.807, 2.05) is 38.1 Å². The number of aromatic hydroxyl groups is 1.